The quantitative estimate of drug-likeness (QED) is 0.0345. The van der Waals surface area contributed by atoms with Crippen molar-refractivity contribution in [2.45, 2.75) is 95.9 Å². The number of allylic oxidation sites excluding steroid dienone is 4. The fraction of sp³-hybridized carbons (Fsp3) is 0.150. The first kappa shape index (κ1) is 95.0. The highest BCUT2D eigenvalue weighted by molar-refractivity contribution is 14.1. The molecule has 15 aromatic rings. The number of hydrogen-bond acceptors (Lipinski definition) is 11. The Labute approximate surface area is 768 Å². The van der Waals surface area contributed by atoms with E-state index in [0.29, 0.717) is 17.0 Å². The summed E-state index contributed by atoms with van der Waals surface area (Å²) < 4.78 is 3.17. The topological polar surface area (TPSA) is 171 Å². The van der Waals surface area contributed by atoms with Crippen LogP contribution in [0.25, 0.3) is 125 Å². The minimum atomic E-state index is -1.68. The van der Waals surface area contributed by atoms with Crippen LogP contribution in [0.3, 0.4) is 0 Å². The average molecular weight is 1890 g/mol. The lowest BCUT2D eigenvalue weighted by Gasteiger charge is -2.13. The van der Waals surface area contributed by atoms with Gasteiger partial charge in [0.25, 0.3) is 0 Å². The maximum atomic E-state index is 8.79. The van der Waals surface area contributed by atoms with Crippen LogP contribution >= 0.6 is 66.1 Å². The molecule has 0 atom stereocenters. The van der Waals surface area contributed by atoms with Gasteiger partial charge >= 0.3 is 14.2 Å². The predicted octanol–water partition coefficient (Wildman–Crippen LogP) is 27.1. The molecule has 0 aliphatic rings. The minimum Gasteiger partial charge on any atom is -0.423 e. The maximum Gasteiger partial charge on any atom is 0.488 e. The van der Waals surface area contributed by atoms with Crippen LogP contribution in [0, 0.1) is 15.4 Å². The number of aromatic nitrogens is 7. The molecule has 0 saturated carbocycles. The van der Waals surface area contributed by atoms with E-state index < -0.39 is 14.2 Å². The van der Waals surface area contributed by atoms with Gasteiger partial charge in [-0.1, -0.05) is 260 Å². The largest absolute Gasteiger partial charge is 0.488 e. The summed E-state index contributed by atoms with van der Waals surface area (Å²) >= 11 is 14.6. The van der Waals surface area contributed by atoms with Gasteiger partial charge < -0.3 is 20.1 Å². The number of hydrogen-bond donors (Lipinski definition) is 4. The molecule has 8 aromatic carbocycles. The van der Waals surface area contributed by atoms with E-state index in [4.69, 9.17) is 41.7 Å². The molecule has 11 nitrogen and oxygen atoms in total. The van der Waals surface area contributed by atoms with Crippen LogP contribution in [0.2, 0.25) is 5.15 Å². The van der Waals surface area contributed by atoms with Crippen molar-refractivity contribution < 1.29 is 20.1 Å². The van der Waals surface area contributed by atoms with E-state index in [1.54, 1.807) is 24.5 Å². The molecule has 0 aliphatic heterocycles. The van der Waals surface area contributed by atoms with E-state index in [1.807, 2.05) is 99.4 Å². The second kappa shape index (κ2) is 48.1. The predicted molar refractivity (Wildman–Crippen MR) is 539 cm³/mol. The first-order valence-corrected chi connectivity index (χ1v) is 44.2. The third kappa shape index (κ3) is 30.3. The standard InChI is InChI=1S/C36H36N2.C36H32N2.C15H14BrN.C9H10ClN.C6H8B2O4.C5H3BrIN/c2*1-25(2)19-27-15-17-37-35(21-27)31-11-7-9-29(23-31)33-13-5-6-14-34(33)30-10-8-12-32(24-30)36-22-28(16-18-38-36)20-26(3)4;1-11(2)8-12-6-7-17-15(9-12)13-4-3-5-14(16)10-13;1-7(2)5-8-3-4-11-9(10)6-8;9-7(10)5-3-1-2-4-6(5)8(11)12;6-5-3-4(7)1-2-8-5/h5-18,21-26H,19-20H2,1-4H3;5-24H,1-4H3;3-10H,1-2H3;3-6H,1-2H3;1-4,9-12H;1-3H. The molecule has 624 valence electrons. The van der Waals surface area contributed by atoms with Gasteiger partial charge in [-0.2, -0.15) is 0 Å². The van der Waals surface area contributed by atoms with Gasteiger partial charge in [0.05, 0.1) is 28.5 Å². The summed E-state index contributed by atoms with van der Waals surface area (Å²) in [5.74, 6) is 1.24. The highest BCUT2D eigenvalue weighted by Crippen LogP contribution is 2.39. The Hall–Kier alpha value is -11.3. The van der Waals surface area contributed by atoms with Gasteiger partial charge in [-0.3, -0.25) is 24.9 Å². The zero-order valence-corrected chi connectivity index (χ0v) is 78.1. The van der Waals surface area contributed by atoms with Crippen LogP contribution in [-0.4, -0.2) is 69.2 Å². The first-order valence-electron chi connectivity index (χ1n) is 41.1. The Morgan fingerprint density at radius 2 is 0.597 bits per heavy atom. The zero-order valence-electron chi connectivity index (χ0n) is 72.1. The van der Waals surface area contributed by atoms with Crippen LogP contribution in [0.4, 0.5) is 0 Å². The van der Waals surface area contributed by atoms with Crippen molar-refractivity contribution in [1.82, 2.24) is 34.9 Å². The molecule has 7 heterocycles. The Morgan fingerprint density at radius 1 is 0.315 bits per heavy atom. The summed E-state index contributed by atoms with van der Waals surface area (Å²) in [6, 6.07) is 95.2. The van der Waals surface area contributed by atoms with E-state index in [-0.39, 0.29) is 10.9 Å². The summed E-state index contributed by atoms with van der Waals surface area (Å²) in [5, 5.41) is 35.7. The van der Waals surface area contributed by atoms with Crippen molar-refractivity contribution in [3.63, 3.8) is 0 Å². The normalized spacial score (nSPS) is 10.5. The lowest BCUT2D eigenvalue weighted by molar-refractivity contribution is 0.419. The fourth-order valence-electron chi connectivity index (χ4n) is 13.8. The Balaban J connectivity index is 0.000000172. The molecule has 124 heavy (non-hydrogen) atoms. The van der Waals surface area contributed by atoms with Gasteiger partial charge in [-0.25, -0.2) is 9.97 Å². The number of pyridine rings is 7. The molecule has 17 heteroatoms. The number of halogens is 4. The zero-order chi connectivity index (χ0) is 88.6. The van der Waals surface area contributed by atoms with Crippen molar-refractivity contribution in [3.8, 4) is 101 Å². The van der Waals surface area contributed by atoms with Crippen molar-refractivity contribution in [3.05, 3.63) is 396 Å². The van der Waals surface area contributed by atoms with Gasteiger partial charge in [0.2, 0.25) is 0 Å². The van der Waals surface area contributed by atoms with Gasteiger partial charge in [0.15, 0.2) is 0 Å². The second-order valence-electron chi connectivity index (χ2n) is 31.6. The maximum absolute atomic E-state index is 8.79. The van der Waals surface area contributed by atoms with E-state index >= 15 is 0 Å². The lowest BCUT2D eigenvalue weighted by atomic mass is 9.66. The molecule has 0 bridgehead atoms. The van der Waals surface area contributed by atoms with Crippen LogP contribution < -0.4 is 10.9 Å². The fourth-order valence-corrected chi connectivity index (χ4v) is 15.6. The highest BCUT2D eigenvalue weighted by Gasteiger charge is 2.22. The van der Waals surface area contributed by atoms with E-state index in [2.05, 4.69) is 373 Å². The molecule has 0 aliphatic carbocycles. The van der Waals surface area contributed by atoms with Crippen LogP contribution in [0.1, 0.15) is 116 Å². The lowest BCUT2D eigenvalue weighted by Crippen LogP contribution is -2.49. The molecule has 0 amide bonds. The van der Waals surface area contributed by atoms with Crippen molar-refractivity contribution in [2.24, 2.45) is 11.8 Å². The van der Waals surface area contributed by atoms with Gasteiger partial charge in [-0.05, 0) is 329 Å². The van der Waals surface area contributed by atoms with Crippen molar-refractivity contribution >= 4 is 116 Å². The Kier molecular flexibility index (Phi) is 36.8. The molecule has 0 unspecified atom stereocenters. The monoisotopic (exact) mass is 1890 g/mol. The molecule has 7 aromatic heterocycles. The van der Waals surface area contributed by atoms with Gasteiger partial charge in [0, 0.05) is 79.2 Å². The van der Waals surface area contributed by atoms with Crippen molar-refractivity contribution in [2.75, 3.05) is 0 Å². The second-order valence-corrected chi connectivity index (χ2v) is 35.0. The van der Waals surface area contributed by atoms with Crippen LogP contribution in [0.15, 0.2) is 354 Å². The van der Waals surface area contributed by atoms with E-state index in [0.717, 1.165) is 83.8 Å². The summed E-state index contributed by atoms with van der Waals surface area (Å²) in [7, 11) is -3.36. The molecule has 4 N–H and O–H groups in total. The van der Waals surface area contributed by atoms with Gasteiger partial charge in [-0.15, -0.1) is 0 Å². The number of benzene rings is 8. The first-order chi connectivity index (χ1) is 59.7. The molecular weight excluding hydrogens is 1790 g/mol. The van der Waals surface area contributed by atoms with Crippen LogP contribution in [0.5, 0.6) is 0 Å². The summed E-state index contributed by atoms with van der Waals surface area (Å²) in [5.41, 5.74) is 32.7. The smallest absolute Gasteiger partial charge is 0.423 e. The van der Waals surface area contributed by atoms with Gasteiger partial charge in [0.1, 0.15) is 9.76 Å². The van der Waals surface area contributed by atoms with E-state index in [9.17, 15) is 0 Å². The number of nitrogens with zero attached hydrogens (tertiary/aromatic N) is 7. The number of rotatable bonds is 19. The van der Waals surface area contributed by atoms with E-state index in [1.165, 1.54) is 110 Å². The highest BCUT2D eigenvalue weighted by atomic mass is 127. The third-order valence-electron chi connectivity index (χ3n) is 19.0. The third-order valence-corrected chi connectivity index (χ3v) is 20.8. The summed E-state index contributed by atoms with van der Waals surface area (Å²) in [4.78, 5) is 31.0. The molecule has 0 spiro atoms. The van der Waals surface area contributed by atoms with Crippen LogP contribution in [-0.2, 0) is 12.8 Å². The van der Waals surface area contributed by atoms with Crippen molar-refractivity contribution in [1.29, 1.82) is 0 Å². The molecule has 0 saturated heterocycles. The molecule has 0 fully saturated rings. The summed E-state index contributed by atoms with van der Waals surface area (Å²) in [6.07, 6.45) is 23.7. The molecule has 0 radical (unpaired) electrons. The Morgan fingerprint density at radius 3 is 0.887 bits per heavy atom. The molecular formula is C107H103B2Br2ClIN7O4. The molecule has 15 rings (SSSR count). The minimum absolute atomic E-state index is 0.104. The SMILES string of the molecule is Brc1cc(I)ccn1.CC(C)=Cc1ccnc(-c2cccc(-c3ccccc3-c3cccc(-c4cc(C=C(C)C)ccn4)c3)c2)c1.CC(C)=Cc1ccnc(-c2cccc(Br)c2)c1.CC(C)=Cc1ccnc(Cl)c1.CC(C)Cc1ccnc(-c2cccc(-c3ccccc3-c3cccc(-c4cc(CC(C)C)ccn4)c3)c2)c1.OB(O)c1ccccc1B(O)O. The summed E-state index contributed by atoms with van der Waals surface area (Å²) in [6.45, 7) is 25.8. The average Bonchev–Trinajstić information content (AvgIpc) is 0.795. The Bertz CT molecular complexity index is 5890.